The molecule has 0 amide bonds. The van der Waals surface area contributed by atoms with Gasteiger partial charge in [-0.25, -0.2) is 0 Å². The highest BCUT2D eigenvalue weighted by molar-refractivity contribution is 6.31. The molecule has 4 aromatic rings. The van der Waals surface area contributed by atoms with E-state index in [9.17, 15) is 25.5 Å². The van der Waals surface area contributed by atoms with E-state index in [0.717, 1.165) is 55.7 Å². The van der Waals surface area contributed by atoms with E-state index in [1.165, 1.54) is 6.07 Å². The average molecular weight is 686 g/mol. The fourth-order valence-corrected chi connectivity index (χ4v) is 8.43. The van der Waals surface area contributed by atoms with Crippen molar-refractivity contribution in [2.24, 2.45) is 5.92 Å². The molecule has 0 aromatic heterocycles. The summed E-state index contributed by atoms with van der Waals surface area (Å²) in [5.74, 6) is -0.230. The predicted molar refractivity (Wildman–Crippen MR) is 190 cm³/mol. The van der Waals surface area contributed by atoms with Crippen LogP contribution < -0.4 is 0 Å². The van der Waals surface area contributed by atoms with E-state index in [0.29, 0.717) is 27.6 Å². The Morgan fingerprint density at radius 1 is 0.796 bits per heavy atom. The molecule has 49 heavy (non-hydrogen) atoms. The number of fused-ring (bicyclic) bond motifs is 2. The first kappa shape index (κ1) is 32.0. The second-order valence-electron chi connectivity index (χ2n) is 12.4. The summed E-state index contributed by atoms with van der Waals surface area (Å²) in [5, 5.41) is 42.8. The molecule has 0 saturated heterocycles. The van der Waals surface area contributed by atoms with E-state index < -0.39 is 10.3 Å². The highest BCUT2D eigenvalue weighted by Crippen LogP contribution is 2.77. The van der Waals surface area contributed by atoms with Crippen LogP contribution in [-0.2, 0) is 5.41 Å². The average Bonchev–Trinajstić information content (AvgIpc) is 3.39. The van der Waals surface area contributed by atoms with Gasteiger partial charge in [0, 0.05) is 63.1 Å². The molecule has 3 unspecified atom stereocenters. The first-order valence-corrected chi connectivity index (χ1v) is 16.4. The second-order valence-corrected chi connectivity index (χ2v) is 13.3. The van der Waals surface area contributed by atoms with Crippen molar-refractivity contribution in [3.63, 3.8) is 0 Å². The number of rotatable bonds is 6. The van der Waals surface area contributed by atoms with Crippen LogP contribution in [0.2, 0.25) is 10.0 Å². The van der Waals surface area contributed by atoms with Crippen molar-refractivity contribution in [3.8, 4) is 12.1 Å². The summed E-state index contributed by atoms with van der Waals surface area (Å²) < 4.78 is 0. The lowest BCUT2D eigenvalue weighted by molar-refractivity contribution is -0.385. The van der Waals surface area contributed by atoms with E-state index in [1.807, 2.05) is 61.5 Å². The fraction of sp³-hybridized carbons (Fsp3) is 0.179. The lowest BCUT2D eigenvalue weighted by atomic mass is 9.83. The van der Waals surface area contributed by atoms with Gasteiger partial charge >= 0.3 is 0 Å². The molecule has 4 aliphatic rings. The third kappa shape index (κ3) is 4.71. The predicted octanol–water partition coefficient (Wildman–Crippen LogP) is 10.5. The standard InChI is InChI=1S/C36H21Cl2N3O4.C3H5N/c1-18-29-25-11-13-28(41(44)45)33(31(29)19-2-6-22(37)7-3-19)32(25)30(18)35-34(20-4-8-23(38)9-5-20)36(35)17-21(14-15-39)26-16-24(40(42)43)10-12-27(26)36;1-2-3-4/h2-13,16-17,34-35H,14H2,1H3;2H2,1H3. The van der Waals surface area contributed by atoms with Gasteiger partial charge in [0.15, 0.2) is 0 Å². The lowest BCUT2D eigenvalue weighted by Crippen LogP contribution is -2.09. The van der Waals surface area contributed by atoms with E-state index >= 15 is 0 Å². The highest BCUT2D eigenvalue weighted by Gasteiger charge is 2.69. The second kappa shape index (κ2) is 11.9. The summed E-state index contributed by atoms with van der Waals surface area (Å²) in [7, 11) is 0. The summed E-state index contributed by atoms with van der Waals surface area (Å²) in [6.45, 7) is 3.89. The van der Waals surface area contributed by atoms with Crippen LogP contribution in [0.4, 0.5) is 11.4 Å². The number of nitriles is 2. The number of allylic oxidation sites excluding steroid dienone is 5. The number of nitrogens with zero attached hydrogens (tertiary/aromatic N) is 4. The number of hydrogen-bond acceptors (Lipinski definition) is 6. The van der Waals surface area contributed by atoms with Crippen LogP contribution >= 0.6 is 23.2 Å². The minimum Gasteiger partial charge on any atom is -0.258 e. The minimum absolute atomic E-state index is 0.0339. The summed E-state index contributed by atoms with van der Waals surface area (Å²) in [5.41, 5.74) is 10.0. The van der Waals surface area contributed by atoms with Crippen LogP contribution in [0.15, 0.2) is 90.5 Å². The zero-order chi connectivity index (χ0) is 34.8. The molecule has 0 aliphatic heterocycles. The summed E-state index contributed by atoms with van der Waals surface area (Å²) in [6, 6.07) is 27.6. The van der Waals surface area contributed by atoms with Gasteiger partial charge in [-0.2, -0.15) is 10.5 Å². The Labute approximate surface area is 292 Å². The number of halogens is 2. The zero-order valence-electron chi connectivity index (χ0n) is 26.3. The normalized spacial score (nSPS) is 20.3. The Morgan fingerprint density at radius 2 is 1.45 bits per heavy atom. The largest absolute Gasteiger partial charge is 0.277 e. The van der Waals surface area contributed by atoms with E-state index in [2.05, 4.69) is 19.1 Å². The first-order chi connectivity index (χ1) is 23.6. The van der Waals surface area contributed by atoms with Gasteiger partial charge in [-0.3, -0.25) is 20.2 Å². The van der Waals surface area contributed by atoms with Gasteiger partial charge in [-0.1, -0.05) is 66.5 Å². The number of nitro groups is 2. The number of non-ortho nitro benzene ring substituents is 1. The molecule has 1 fully saturated rings. The smallest absolute Gasteiger partial charge is 0.258 e. The maximum atomic E-state index is 12.5. The van der Waals surface area contributed by atoms with Crippen molar-refractivity contribution in [1.29, 1.82) is 10.5 Å². The Hall–Kier alpha value is -5.54. The number of nitro benzene ring substituents is 2. The molecule has 8 rings (SSSR count). The molecular weight excluding hydrogens is 659 g/mol. The van der Waals surface area contributed by atoms with E-state index in [1.54, 1.807) is 24.3 Å². The van der Waals surface area contributed by atoms with Crippen LogP contribution in [-0.4, -0.2) is 9.85 Å². The van der Waals surface area contributed by atoms with E-state index in [-0.39, 0.29) is 34.6 Å². The molecule has 8 nitrogen and oxygen atoms in total. The first-order valence-electron chi connectivity index (χ1n) is 15.6. The quantitative estimate of drug-likeness (QED) is 0.146. The van der Waals surface area contributed by atoms with Crippen molar-refractivity contribution in [2.45, 2.75) is 38.0 Å². The molecule has 4 bridgehead atoms. The van der Waals surface area contributed by atoms with Crippen LogP contribution in [0.25, 0.3) is 22.3 Å². The SMILES string of the molecule is CC1=C(C2C(c3ccc(Cl)cc3)C23C=C(CC#N)c2cc([N+](=O)[O-])ccc23)c2c3ccc([N+](=O)[O-])c2C(c2ccc(Cl)cc2)=C13.CCC#N. The molecule has 3 atom stereocenters. The molecule has 1 spiro atoms. The molecule has 4 aliphatic carbocycles. The molecule has 0 N–H and O–H groups in total. The van der Waals surface area contributed by atoms with Gasteiger partial charge in [0.2, 0.25) is 0 Å². The third-order valence-corrected chi connectivity index (χ3v) is 10.5. The van der Waals surface area contributed by atoms with Crippen LogP contribution in [0.3, 0.4) is 0 Å². The van der Waals surface area contributed by atoms with Gasteiger partial charge in [0.05, 0.1) is 34.0 Å². The molecule has 1 saturated carbocycles. The van der Waals surface area contributed by atoms with Gasteiger partial charge in [0.1, 0.15) is 0 Å². The lowest BCUT2D eigenvalue weighted by Gasteiger charge is -2.19. The van der Waals surface area contributed by atoms with Gasteiger partial charge in [-0.05, 0) is 87.4 Å². The Balaban J connectivity index is 0.000000898. The zero-order valence-corrected chi connectivity index (χ0v) is 27.8. The monoisotopic (exact) mass is 684 g/mol. The highest BCUT2D eigenvalue weighted by atomic mass is 35.5. The molecule has 0 radical (unpaired) electrons. The molecule has 4 aromatic carbocycles. The topological polar surface area (TPSA) is 134 Å². The molecule has 10 heteroatoms. The molecule has 240 valence electrons. The number of hydrogen-bond donors (Lipinski definition) is 0. The van der Waals surface area contributed by atoms with Crippen molar-refractivity contribution in [3.05, 3.63) is 160 Å². The summed E-state index contributed by atoms with van der Waals surface area (Å²) in [6.07, 6.45) is 2.85. The molecule has 0 heterocycles. The van der Waals surface area contributed by atoms with Crippen molar-refractivity contribution in [1.82, 2.24) is 0 Å². The Morgan fingerprint density at radius 3 is 2.04 bits per heavy atom. The van der Waals surface area contributed by atoms with Crippen molar-refractivity contribution in [2.75, 3.05) is 0 Å². The fourth-order valence-electron chi connectivity index (χ4n) is 8.18. The molecular formula is C39H26Cl2N4O4. The summed E-state index contributed by atoms with van der Waals surface area (Å²) in [4.78, 5) is 23.5. The van der Waals surface area contributed by atoms with Gasteiger partial charge in [0.25, 0.3) is 11.4 Å². The van der Waals surface area contributed by atoms with Crippen LogP contribution in [0.5, 0.6) is 0 Å². The van der Waals surface area contributed by atoms with Crippen LogP contribution in [0, 0.1) is 48.8 Å². The maximum Gasteiger partial charge on any atom is 0.277 e. The number of benzene rings is 4. The van der Waals surface area contributed by atoms with Crippen LogP contribution in [0.1, 0.15) is 71.6 Å². The van der Waals surface area contributed by atoms with E-state index in [4.69, 9.17) is 28.5 Å². The Kier molecular flexibility index (Phi) is 7.75. The maximum absolute atomic E-state index is 12.5. The van der Waals surface area contributed by atoms with Crippen molar-refractivity contribution < 1.29 is 9.85 Å². The van der Waals surface area contributed by atoms with Gasteiger partial charge in [-0.15, -0.1) is 0 Å². The third-order valence-electron chi connectivity index (χ3n) is 9.99. The minimum atomic E-state index is -0.604. The summed E-state index contributed by atoms with van der Waals surface area (Å²) >= 11 is 12.5. The van der Waals surface area contributed by atoms with Gasteiger partial charge < -0.3 is 0 Å². The Bertz CT molecular complexity index is 2310. The van der Waals surface area contributed by atoms with Crippen molar-refractivity contribution >= 4 is 56.9 Å².